The molecular formula is C14H22ClNO3. The zero-order valence-electron chi connectivity index (χ0n) is 11.5. The largest absolute Gasteiger partial charge is 0.495 e. The minimum Gasteiger partial charge on any atom is -0.495 e. The molecule has 0 aliphatic heterocycles. The monoisotopic (exact) mass is 287 g/mol. The predicted molar refractivity (Wildman–Crippen MR) is 78.6 cm³/mol. The van der Waals surface area contributed by atoms with Crippen LogP contribution in [-0.2, 0) is 0 Å². The number of anilines is 1. The summed E-state index contributed by atoms with van der Waals surface area (Å²) in [4.78, 5) is 0. The molecule has 19 heavy (non-hydrogen) atoms. The van der Waals surface area contributed by atoms with Crippen molar-refractivity contribution < 1.29 is 14.6 Å². The van der Waals surface area contributed by atoms with Gasteiger partial charge in [-0.2, -0.15) is 0 Å². The zero-order valence-corrected chi connectivity index (χ0v) is 12.3. The Labute approximate surface area is 119 Å². The Kier molecular flexibility index (Phi) is 7.45. The van der Waals surface area contributed by atoms with Crippen molar-refractivity contribution in [1.29, 1.82) is 0 Å². The molecular weight excluding hydrogens is 266 g/mol. The van der Waals surface area contributed by atoms with Gasteiger partial charge in [-0.3, -0.25) is 0 Å². The summed E-state index contributed by atoms with van der Waals surface area (Å²) in [5.74, 6) is 1.32. The molecule has 0 heterocycles. The van der Waals surface area contributed by atoms with E-state index < -0.39 is 0 Å². The zero-order chi connectivity index (χ0) is 14.1. The van der Waals surface area contributed by atoms with E-state index in [-0.39, 0.29) is 6.61 Å². The molecule has 0 saturated carbocycles. The first-order valence-corrected chi connectivity index (χ1v) is 6.87. The smallest absolute Gasteiger partial charge is 0.145 e. The van der Waals surface area contributed by atoms with Gasteiger partial charge in [0.05, 0.1) is 24.9 Å². The van der Waals surface area contributed by atoms with Gasteiger partial charge in [0.1, 0.15) is 11.5 Å². The highest BCUT2D eigenvalue weighted by molar-refractivity contribution is 6.32. The van der Waals surface area contributed by atoms with Crippen LogP contribution in [0, 0.1) is 0 Å². The number of unbranched alkanes of at least 4 members (excludes halogenated alkanes) is 3. The molecule has 0 saturated heterocycles. The topological polar surface area (TPSA) is 50.7 Å². The maximum Gasteiger partial charge on any atom is 0.145 e. The summed E-state index contributed by atoms with van der Waals surface area (Å²) in [5, 5.41) is 12.6. The quantitative estimate of drug-likeness (QED) is 0.684. The molecule has 0 radical (unpaired) electrons. The van der Waals surface area contributed by atoms with E-state index >= 15 is 0 Å². The van der Waals surface area contributed by atoms with Crippen LogP contribution in [0.4, 0.5) is 5.69 Å². The summed E-state index contributed by atoms with van der Waals surface area (Å²) in [6.45, 7) is 1.12. The number of methoxy groups -OCH3 is 2. The Bertz CT molecular complexity index is 385. The van der Waals surface area contributed by atoms with Crippen LogP contribution < -0.4 is 14.8 Å². The molecule has 1 aromatic rings. The minimum absolute atomic E-state index is 0.273. The fraction of sp³-hybridized carbons (Fsp3) is 0.571. The normalized spacial score (nSPS) is 10.3. The van der Waals surface area contributed by atoms with Crippen LogP contribution in [0.3, 0.4) is 0 Å². The summed E-state index contributed by atoms with van der Waals surface area (Å²) in [5.41, 5.74) is 0.871. The van der Waals surface area contributed by atoms with Crippen molar-refractivity contribution in [3.8, 4) is 11.5 Å². The number of hydrogen-bond acceptors (Lipinski definition) is 4. The number of rotatable bonds is 9. The van der Waals surface area contributed by atoms with Crippen molar-refractivity contribution in [3.63, 3.8) is 0 Å². The molecule has 0 aliphatic rings. The molecule has 0 bridgehead atoms. The van der Waals surface area contributed by atoms with Gasteiger partial charge in [0.15, 0.2) is 0 Å². The third kappa shape index (κ3) is 5.17. The molecule has 5 heteroatoms. The average Bonchev–Trinajstić information content (AvgIpc) is 2.43. The molecule has 0 unspecified atom stereocenters. The van der Waals surface area contributed by atoms with E-state index in [9.17, 15) is 0 Å². The first-order valence-electron chi connectivity index (χ1n) is 6.49. The molecule has 4 nitrogen and oxygen atoms in total. The van der Waals surface area contributed by atoms with E-state index in [4.69, 9.17) is 26.2 Å². The Morgan fingerprint density at radius 2 is 1.74 bits per heavy atom. The molecule has 0 aliphatic carbocycles. The highest BCUT2D eigenvalue weighted by atomic mass is 35.5. The molecule has 2 N–H and O–H groups in total. The molecule has 1 rings (SSSR count). The number of hydrogen-bond donors (Lipinski definition) is 2. The van der Waals surface area contributed by atoms with E-state index in [1.807, 2.05) is 6.07 Å². The van der Waals surface area contributed by atoms with Crippen molar-refractivity contribution in [2.45, 2.75) is 25.7 Å². The second-order valence-electron chi connectivity index (χ2n) is 4.25. The van der Waals surface area contributed by atoms with Gasteiger partial charge in [0.2, 0.25) is 0 Å². The van der Waals surface area contributed by atoms with Gasteiger partial charge < -0.3 is 19.9 Å². The molecule has 0 aromatic heterocycles. The van der Waals surface area contributed by atoms with E-state index in [0.717, 1.165) is 43.7 Å². The van der Waals surface area contributed by atoms with Crippen molar-refractivity contribution in [2.75, 3.05) is 32.7 Å². The van der Waals surface area contributed by atoms with Crippen LogP contribution in [0.25, 0.3) is 0 Å². The second-order valence-corrected chi connectivity index (χ2v) is 4.66. The molecule has 108 valence electrons. The second kappa shape index (κ2) is 8.88. The van der Waals surface area contributed by atoms with Crippen molar-refractivity contribution in [3.05, 3.63) is 17.2 Å². The maximum absolute atomic E-state index is 8.69. The van der Waals surface area contributed by atoms with Crippen LogP contribution in [0.15, 0.2) is 12.1 Å². The Morgan fingerprint density at radius 1 is 1.05 bits per heavy atom. The number of benzene rings is 1. The lowest BCUT2D eigenvalue weighted by Gasteiger charge is -2.13. The molecule has 0 spiro atoms. The van der Waals surface area contributed by atoms with Gasteiger partial charge in [0, 0.05) is 19.2 Å². The summed E-state index contributed by atoms with van der Waals surface area (Å²) in [6, 6.07) is 3.59. The number of halogens is 1. The van der Waals surface area contributed by atoms with Gasteiger partial charge in [-0.15, -0.1) is 0 Å². The van der Waals surface area contributed by atoms with Crippen molar-refractivity contribution in [1.82, 2.24) is 0 Å². The van der Waals surface area contributed by atoms with Gasteiger partial charge in [0.25, 0.3) is 0 Å². The van der Waals surface area contributed by atoms with Gasteiger partial charge >= 0.3 is 0 Å². The number of ether oxygens (including phenoxy) is 2. The Balaban J connectivity index is 2.50. The van der Waals surface area contributed by atoms with Crippen LogP contribution in [0.1, 0.15) is 25.7 Å². The summed E-state index contributed by atoms with van der Waals surface area (Å²) in [6.07, 6.45) is 4.07. The van der Waals surface area contributed by atoms with Crippen LogP contribution in [0.5, 0.6) is 11.5 Å². The predicted octanol–water partition coefficient (Wildman–Crippen LogP) is 3.32. The lowest BCUT2D eigenvalue weighted by molar-refractivity contribution is 0.283. The van der Waals surface area contributed by atoms with E-state index in [1.54, 1.807) is 20.3 Å². The third-order valence-electron chi connectivity index (χ3n) is 2.87. The first-order chi connectivity index (χ1) is 9.22. The standard InChI is InChI=1S/C14H22ClNO3/c1-18-13-10-14(19-2)12(9-11(13)15)16-7-5-3-4-6-8-17/h9-10,16-17H,3-8H2,1-2H3. The lowest BCUT2D eigenvalue weighted by atomic mass is 10.2. The maximum atomic E-state index is 8.69. The number of aliphatic hydroxyl groups is 1. The van der Waals surface area contributed by atoms with Crippen molar-refractivity contribution in [2.24, 2.45) is 0 Å². The summed E-state index contributed by atoms with van der Waals surface area (Å²) >= 11 is 6.09. The summed E-state index contributed by atoms with van der Waals surface area (Å²) < 4.78 is 10.5. The molecule has 1 aromatic carbocycles. The fourth-order valence-electron chi connectivity index (χ4n) is 1.81. The van der Waals surface area contributed by atoms with Crippen molar-refractivity contribution >= 4 is 17.3 Å². The average molecular weight is 288 g/mol. The highest BCUT2D eigenvalue weighted by Crippen LogP contribution is 2.35. The highest BCUT2D eigenvalue weighted by Gasteiger charge is 2.09. The third-order valence-corrected chi connectivity index (χ3v) is 3.17. The fourth-order valence-corrected chi connectivity index (χ4v) is 2.05. The van der Waals surface area contributed by atoms with Crippen LogP contribution in [0.2, 0.25) is 5.02 Å². The number of nitrogens with one attached hydrogen (secondary N) is 1. The summed E-state index contributed by atoms with van der Waals surface area (Å²) in [7, 11) is 3.20. The Morgan fingerprint density at radius 3 is 2.37 bits per heavy atom. The minimum atomic E-state index is 0.273. The van der Waals surface area contributed by atoms with Gasteiger partial charge in [-0.25, -0.2) is 0 Å². The van der Waals surface area contributed by atoms with E-state index in [2.05, 4.69) is 5.32 Å². The van der Waals surface area contributed by atoms with Gasteiger partial charge in [-0.05, 0) is 18.9 Å². The van der Waals surface area contributed by atoms with Crippen LogP contribution >= 0.6 is 11.6 Å². The molecule has 0 amide bonds. The first kappa shape index (κ1) is 15.9. The van der Waals surface area contributed by atoms with Crippen LogP contribution in [-0.4, -0.2) is 32.5 Å². The molecule has 0 atom stereocenters. The van der Waals surface area contributed by atoms with E-state index in [0.29, 0.717) is 10.8 Å². The SMILES string of the molecule is COc1cc(OC)c(NCCCCCCO)cc1Cl. The number of aliphatic hydroxyl groups excluding tert-OH is 1. The van der Waals surface area contributed by atoms with Gasteiger partial charge in [-0.1, -0.05) is 24.4 Å². The molecule has 0 fully saturated rings. The van der Waals surface area contributed by atoms with E-state index in [1.165, 1.54) is 0 Å². The Hall–Kier alpha value is -1.13. The lowest BCUT2D eigenvalue weighted by Crippen LogP contribution is -2.04.